The second-order valence-electron chi connectivity index (χ2n) is 4.60. The van der Waals surface area contributed by atoms with Crippen LogP contribution in [0.1, 0.15) is 17.3 Å². The number of aliphatic carboxylic acids is 1. The number of carboxylic acids is 1. The van der Waals surface area contributed by atoms with Gasteiger partial charge in [-0.1, -0.05) is 0 Å². The highest BCUT2D eigenvalue weighted by atomic mass is 19.2. The standard InChI is InChI=1S/C14H12F3NO5/c1-6(19)23-13-10(16)7(4-9(15)11(13)17)12(20)8(14(21)22)5-18(2)3/h4-5H,1-3H3,(H,21,22). The summed E-state index contributed by atoms with van der Waals surface area (Å²) in [6.07, 6.45) is 0.872. The lowest BCUT2D eigenvalue weighted by atomic mass is 10.0. The van der Waals surface area contributed by atoms with E-state index in [0.717, 1.165) is 13.1 Å². The van der Waals surface area contributed by atoms with Crippen molar-refractivity contribution in [3.05, 3.63) is 40.9 Å². The third kappa shape index (κ3) is 4.09. The van der Waals surface area contributed by atoms with Crippen molar-refractivity contribution in [2.45, 2.75) is 6.92 Å². The Balaban J connectivity index is 3.54. The Morgan fingerprint density at radius 3 is 2.17 bits per heavy atom. The molecule has 0 bridgehead atoms. The van der Waals surface area contributed by atoms with Crippen molar-refractivity contribution in [3.63, 3.8) is 0 Å². The zero-order chi connectivity index (χ0) is 17.9. The molecule has 0 aliphatic heterocycles. The van der Waals surface area contributed by atoms with Gasteiger partial charge in [-0.2, -0.15) is 4.39 Å². The number of hydrogen-bond donors (Lipinski definition) is 1. The van der Waals surface area contributed by atoms with Crippen LogP contribution in [0.25, 0.3) is 0 Å². The topological polar surface area (TPSA) is 83.9 Å². The number of Topliss-reactive ketones (excluding diaryl/α,β-unsaturated/α-hetero) is 1. The number of rotatable bonds is 5. The summed E-state index contributed by atoms with van der Waals surface area (Å²) in [5.41, 5.74) is -1.95. The van der Waals surface area contributed by atoms with E-state index in [1.54, 1.807) is 0 Å². The SMILES string of the molecule is CC(=O)Oc1c(F)c(F)cc(C(=O)C(=CN(C)C)C(=O)O)c1F. The van der Waals surface area contributed by atoms with E-state index in [4.69, 9.17) is 5.11 Å². The maximum absolute atomic E-state index is 14.1. The molecule has 0 aromatic heterocycles. The van der Waals surface area contributed by atoms with Crippen LogP contribution in [-0.2, 0) is 9.59 Å². The van der Waals surface area contributed by atoms with E-state index >= 15 is 0 Å². The smallest absolute Gasteiger partial charge is 0.341 e. The Labute approximate surface area is 128 Å². The van der Waals surface area contributed by atoms with Gasteiger partial charge in [-0.25, -0.2) is 13.6 Å². The summed E-state index contributed by atoms with van der Waals surface area (Å²) in [7, 11) is 2.81. The van der Waals surface area contributed by atoms with E-state index in [2.05, 4.69) is 4.74 Å². The normalized spacial score (nSPS) is 11.1. The van der Waals surface area contributed by atoms with E-state index in [1.807, 2.05) is 0 Å². The van der Waals surface area contributed by atoms with E-state index in [9.17, 15) is 27.6 Å². The molecule has 0 aliphatic rings. The van der Waals surface area contributed by atoms with Gasteiger partial charge >= 0.3 is 11.9 Å². The predicted octanol–water partition coefficient (Wildman–Crippen LogP) is 1.74. The third-order valence-corrected chi connectivity index (χ3v) is 2.47. The van der Waals surface area contributed by atoms with Crippen molar-refractivity contribution in [1.82, 2.24) is 4.90 Å². The number of ether oxygens (including phenoxy) is 1. The minimum Gasteiger partial charge on any atom is -0.477 e. The Morgan fingerprint density at radius 2 is 1.74 bits per heavy atom. The number of esters is 1. The van der Waals surface area contributed by atoms with Gasteiger partial charge in [-0.3, -0.25) is 9.59 Å². The molecule has 124 valence electrons. The molecule has 0 spiro atoms. The largest absolute Gasteiger partial charge is 0.477 e. The fourth-order valence-corrected chi connectivity index (χ4v) is 1.59. The van der Waals surface area contributed by atoms with Crippen LogP contribution in [-0.4, -0.2) is 41.8 Å². The van der Waals surface area contributed by atoms with Crippen LogP contribution in [0.2, 0.25) is 0 Å². The second-order valence-corrected chi connectivity index (χ2v) is 4.60. The Kier molecular flexibility index (Phi) is 5.50. The van der Waals surface area contributed by atoms with Gasteiger partial charge in [0.2, 0.25) is 17.3 Å². The fraction of sp³-hybridized carbons (Fsp3) is 0.214. The number of halogens is 3. The van der Waals surface area contributed by atoms with Gasteiger partial charge in [0.15, 0.2) is 11.6 Å². The van der Waals surface area contributed by atoms with Gasteiger partial charge < -0.3 is 14.7 Å². The molecule has 6 nitrogen and oxygen atoms in total. The molecular weight excluding hydrogens is 319 g/mol. The molecule has 23 heavy (non-hydrogen) atoms. The van der Waals surface area contributed by atoms with Crippen molar-refractivity contribution in [2.24, 2.45) is 0 Å². The predicted molar refractivity (Wildman–Crippen MR) is 71.4 cm³/mol. The van der Waals surface area contributed by atoms with Crippen LogP contribution in [0.5, 0.6) is 5.75 Å². The van der Waals surface area contributed by atoms with Crippen LogP contribution < -0.4 is 4.74 Å². The molecule has 0 saturated heterocycles. The van der Waals surface area contributed by atoms with Gasteiger partial charge in [0.25, 0.3) is 0 Å². The molecule has 0 saturated carbocycles. The molecule has 0 radical (unpaired) electrons. The molecule has 0 amide bonds. The van der Waals surface area contributed by atoms with Crippen molar-refractivity contribution in [2.75, 3.05) is 14.1 Å². The first-order valence-electron chi connectivity index (χ1n) is 6.08. The van der Waals surface area contributed by atoms with Gasteiger partial charge in [-0.15, -0.1) is 0 Å². The van der Waals surface area contributed by atoms with Crippen molar-refractivity contribution in [1.29, 1.82) is 0 Å². The summed E-state index contributed by atoms with van der Waals surface area (Å²) in [6, 6.07) is 0.201. The molecule has 0 heterocycles. The lowest BCUT2D eigenvalue weighted by Gasteiger charge is -2.11. The monoisotopic (exact) mass is 331 g/mol. The number of benzene rings is 1. The fourth-order valence-electron chi connectivity index (χ4n) is 1.59. The van der Waals surface area contributed by atoms with Gasteiger partial charge in [-0.05, 0) is 6.07 Å². The summed E-state index contributed by atoms with van der Waals surface area (Å²) in [5.74, 6) is -10.8. The number of nitrogens with zero attached hydrogens (tertiary/aromatic N) is 1. The number of carbonyl (C=O) groups is 3. The molecular formula is C14H12F3NO5. The molecule has 1 rings (SSSR count). The number of ketones is 1. The van der Waals surface area contributed by atoms with Gasteiger partial charge in [0.1, 0.15) is 5.57 Å². The van der Waals surface area contributed by atoms with Crippen LogP contribution in [0.15, 0.2) is 17.8 Å². The Morgan fingerprint density at radius 1 is 1.17 bits per heavy atom. The zero-order valence-corrected chi connectivity index (χ0v) is 12.3. The summed E-state index contributed by atoms with van der Waals surface area (Å²) >= 11 is 0. The molecule has 9 heteroatoms. The van der Waals surface area contributed by atoms with Crippen LogP contribution in [0.3, 0.4) is 0 Å². The molecule has 1 aromatic carbocycles. The van der Waals surface area contributed by atoms with Crippen LogP contribution in [0, 0.1) is 17.5 Å². The highest BCUT2D eigenvalue weighted by molar-refractivity contribution is 6.23. The summed E-state index contributed by atoms with van der Waals surface area (Å²) in [5, 5.41) is 8.99. The summed E-state index contributed by atoms with van der Waals surface area (Å²) < 4.78 is 45.3. The minimum absolute atomic E-state index is 0.201. The molecule has 1 aromatic rings. The maximum atomic E-state index is 14.1. The Bertz CT molecular complexity index is 713. The molecule has 0 unspecified atom stereocenters. The molecule has 0 aliphatic carbocycles. The number of carboxylic acid groups (broad SMARTS) is 1. The van der Waals surface area contributed by atoms with E-state index < -0.39 is 52.1 Å². The highest BCUT2D eigenvalue weighted by Gasteiger charge is 2.29. The molecule has 0 fully saturated rings. The summed E-state index contributed by atoms with van der Waals surface area (Å²) in [6.45, 7) is 0.819. The maximum Gasteiger partial charge on any atom is 0.341 e. The number of carbonyl (C=O) groups excluding carboxylic acids is 2. The zero-order valence-electron chi connectivity index (χ0n) is 12.3. The minimum atomic E-state index is -1.80. The van der Waals surface area contributed by atoms with Crippen LogP contribution in [0.4, 0.5) is 13.2 Å². The lowest BCUT2D eigenvalue weighted by molar-refractivity contribution is -0.133. The quantitative estimate of drug-likeness (QED) is 0.168. The summed E-state index contributed by atoms with van der Waals surface area (Å²) in [4.78, 5) is 35.2. The Hall–Kier alpha value is -2.84. The van der Waals surface area contributed by atoms with E-state index in [-0.39, 0.29) is 6.07 Å². The number of hydrogen-bond acceptors (Lipinski definition) is 5. The van der Waals surface area contributed by atoms with Crippen molar-refractivity contribution in [3.8, 4) is 5.75 Å². The first-order valence-corrected chi connectivity index (χ1v) is 6.08. The third-order valence-electron chi connectivity index (χ3n) is 2.47. The first kappa shape index (κ1) is 18.2. The van der Waals surface area contributed by atoms with Gasteiger partial charge in [0.05, 0.1) is 5.56 Å². The second kappa shape index (κ2) is 6.95. The average Bonchev–Trinajstić information content (AvgIpc) is 2.43. The van der Waals surface area contributed by atoms with E-state index in [0.29, 0.717) is 0 Å². The van der Waals surface area contributed by atoms with Crippen molar-refractivity contribution < 1.29 is 37.4 Å². The van der Waals surface area contributed by atoms with E-state index in [1.165, 1.54) is 19.0 Å². The first-order chi connectivity index (χ1) is 10.6. The van der Waals surface area contributed by atoms with Crippen molar-refractivity contribution >= 4 is 17.7 Å². The lowest BCUT2D eigenvalue weighted by Crippen LogP contribution is -2.19. The van der Waals surface area contributed by atoms with Crippen LogP contribution >= 0.6 is 0 Å². The molecule has 0 atom stereocenters. The average molecular weight is 331 g/mol. The van der Waals surface area contributed by atoms with Gasteiger partial charge in [0, 0.05) is 27.2 Å². The highest BCUT2D eigenvalue weighted by Crippen LogP contribution is 2.29. The molecule has 1 N–H and O–H groups in total.